The standard InChI is InChI=1S/C33H38Cl2N4O3Si/c1-23(22-42-43(33(3,4)5,27-13-9-7-10-14-27)28-15-11-8-12-16-28)37-32(40)39(25-17-19-26(41-6)20-18-25)24(2)29-21-36-31(35)38-30(29)34/h7-21,23-24H,22H2,1-6H3,(H,37,40)/t23?,24-/m1/s1. The van der Waals surface area contributed by atoms with E-state index in [1.165, 1.54) is 10.4 Å². The van der Waals surface area contributed by atoms with Crippen LogP contribution >= 0.6 is 23.2 Å². The van der Waals surface area contributed by atoms with Crippen LogP contribution in [-0.2, 0) is 4.43 Å². The Hall–Kier alpha value is -3.43. The van der Waals surface area contributed by atoms with Gasteiger partial charge in [-0.25, -0.2) is 14.8 Å². The lowest BCUT2D eigenvalue weighted by Gasteiger charge is -2.43. The summed E-state index contributed by atoms with van der Waals surface area (Å²) in [7, 11) is -1.18. The summed E-state index contributed by atoms with van der Waals surface area (Å²) in [5.41, 5.74) is 1.21. The molecule has 0 aliphatic rings. The highest BCUT2D eigenvalue weighted by atomic mass is 35.5. The molecule has 0 bridgehead atoms. The maximum absolute atomic E-state index is 14.0. The van der Waals surface area contributed by atoms with Crippen LogP contribution in [0.15, 0.2) is 91.1 Å². The van der Waals surface area contributed by atoms with Crippen LogP contribution in [0.1, 0.15) is 46.2 Å². The predicted octanol–water partition coefficient (Wildman–Crippen LogP) is 7.03. The van der Waals surface area contributed by atoms with Crippen LogP contribution in [0.3, 0.4) is 0 Å². The minimum absolute atomic E-state index is 0.0375. The first-order chi connectivity index (χ1) is 20.5. The van der Waals surface area contributed by atoms with Gasteiger partial charge in [-0.15, -0.1) is 0 Å². The number of halogens is 2. The Morgan fingerprint density at radius 3 is 1.98 bits per heavy atom. The van der Waals surface area contributed by atoms with Crippen molar-refractivity contribution in [1.82, 2.24) is 15.3 Å². The van der Waals surface area contributed by atoms with E-state index in [1.807, 2.05) is 38.1 Å². The third-order valence-corrected chi connectivity index (χ3v) is 13.0. The van der Waals surface area contributed by atoms with Gasteiger partial charge in [-0.05, 0) is 65.1 Å². The van der Waals surface area contributed by atoms with Crippen molar-refractivity contribution < 1.29 is 14.0 Å². The summed E-state index contributed by atoms with van der Waals surface area (Å²) in [4.78, 5) is 23.8. The van der Waals surface area contributed by atoms with Crippen LogP contribution in [-0.4, -0.2) is 44.1 Å². The molecule has 2 atom stereocenters. The molecule has 0 aliphatic carbocycles. The van der Waals surface area contributed by atoms with Gasteiger partial charge in [-0.3, -0.25) is 4.90 Å². The van der Waals surface area contributed by atoms with Gasteiger partial charge < -0.3 is 14.5 Å². The molecule has 2 amide bonds. The Kier molecular flexibility index (Phi) is 10.5. The molecule has 0 fully saturated rings. The second kappa shape index (κ2) is 13.9. The molecular weight excluding hydrogens is 599 g/mol. The molecule has 226 valence electrons. The summed E-state index contributed by atoms with van der Waals surface area (Å²) in [5.74, 6) is 0.677. The number of ether oxygens (including phenoxy) is 1. The molecule has 0 aliphatic heterocycles. The van der Waals surface area contributed by atoms with E-state index in [4.69, 9.17) is 32.4 Å². The molecule has 7 nitrogen and oxygen atoms in total. The lowest BCUT2D eigenvalue weighted by molar-refractivity contribution is 0.226. The summed E-state index contributed by atoms with van der Waals surface area (Å²) in [5, 5.41) is 5.55. The first kappa shape index (κ1) is 32.5. The quantitative estimate of drug-likeness (QED) is 0.115. The minimum Gasteiger partial charge on any atom is -0.497 e. The number of hydrogen-bond acceptors (Lipinski definition) is 5. The van der Waals surface area contributed by atoms with Crippen molar-refractivity contribution in [3.05, 3.63) is 107 Å². The highest BCUT2D eigenvalue weighted by molar-refractivity contribution is 6.99. The van der Waals surface area contributed by atoms with Crippen molar-refractivity contribution in [3.8, 4) is 5.75 Å². The average molecular weight is 638 g/mol. The lowest BCUT2D eigenvalue weighted by atomic mass is 10.1. The smallest absolute Gasteiger partial charge is 0.322 e. The molecule has 0 saturated carbocycles. The Labute approximate surface area is 265 Å². The van der Waals surface area contributed by atoms with E-state index in [0.29, 0.717) is 23.6 Å². The van der Waals surface area contributed by atoms with Gasteiger partial charge in [-0.1, -0.05) is 93.0 Å². The van der Waals surface area contributed by atoms with Crippen molar-refractivity contribution in [1.29, 1.82) is 0 Å². The number of nitrogens with one attached hydrogen (secondary N) is 1. The number of methoxy groups -OCH3 is 1. The van der Waals surface area contributed by atoms with E-state index in [-0.39, 0.29) is 27.5 Å². The van der Waals surface area contributed by atoms with Gasteiger partial charge in [0, 0.05) is 23.5 Å². The van der Waals surface area contributed by atoms with Crippen molar-refractivity contribution in [2.24, 2.45) is 0 Å². The maximum Gasteiger partial charge on any atom is 0.322 e. The van der Waals surface area contributed by atoms with Gasteiger partial charge in [0.1, 0.15) is 10.9 Å². The van der Waals surface area contributed by atoms with E-state index in [0.717, 1.165) is 0 Å². The van der Waals surface area contributed by atoms with Crippen molar-refractivity contribution in [2.75, 3.05) is 18.6 Å². The first-order valence-electron chi connectivity index (χ1n) is 14.1. The number of nitrogens with zero attached hydrogens (tertiary/aromatic N) is 3. The fraction of sp³-hybridized carbons (Fsp3) is 0.303. The van der Waals surface area contributed by atoms with Crippen molar-refractivity contribution in [2.45, 2.75) is 51.7 Å². The highest BCUT2D eigenvalue weighted by Crippen LogP contribution is 2.37. The third-order valence-electron chi connectivity index (χ3n) is 7.48. The number of urea groups is 1. The Balaban J connectivity index is 1.64. The molecule has 0 radical (unpaired) electrons. The predicted molar refractivity (Wildman–Crippen MR) is 178 cm³/mol. The highest BCUT2D eigenvalue weighted by Gasteiger charge is 2.50. The third kappa shape index (κ3) is 7.21. The number of amides is 2. The van der Waals surface area contributed by atoms with Crippen LogP contribution < -0.4 is 25.3 Å². The monoisotopic (exact) mass is 636 g/mol. The molecule has 43 heavy (non-hydrogen) atoms. The van der Waals surface area contributed by atoms with E-state index < -0.39 is 14.4 Å². The second-order valence-electron chi connectivity index (χ2n) is 11.5. The number of rotatable bonds is 10. The van der Waals surface area contributed by atoms with E-state index >= 15 is 0 Å². The van der Waals surface area contributed by atoms with E-state index in [9.17, 15) is 4.79 Å². The largest absolute Gasteiger partial charge is 0.497 e. The number of anilines is 1. The first-order valence-corrected chi connectivity index (χ1v) is 16.8. The number of carbonyl (C=O) groups is 1. The number of aromatic nitrogens is 2. The number of hydrogen-bond donors (Lipinski definition) is 1. The van der Waals surface area contributed by atoms with E-state index in [2.05, 4.69) is 84.6 Å². The molecule has 4 aromatic rings. The molecule has 1 aromatic heterocycles. The Bertz CT molecular complexity index is 1460. The SMILES string of the molecule is COc1ccc(N(C(=O)NC(C)CO[Si](c2ccccc2)(c2ccccc2)C(C)(C)C)[C@H](C)c2cnc(Cl)nc2Cl)cc1. The minimum atomic E-state index is -2.78. The van der Waals surface area contributed by atoms with Crippen LogP contribution in [0.5, 0.6) is 5.75 Å². The summed E-state index contributed by atoms with van der Waals surface area (Å²) in [6.45, 7) is 10.8. The summed E-state index contributed by atoms with van der Waals surface area (Å²) >= 11 is 12.4. The second-order valence-corrected chi connectivity index (χ2v) is 16.5. The van der Waals surface area contributed by atoms with E-state index in [1.54, 1.807) is 30.3 Å². The van der Waals surface area contributed by atoms with Crippen LogP contribution in [0.2, 0.25) is 15.5 Å². The summed E-state index contributed by atoms with van der Waals surface area (Å²) in [6.07, 6.45) is 1.54. The molecule has 4 rings (SSSR count). The molecule has 0 saturated heterocycles. The Morgan fingerprint density at radius 2 is 1.49 bits per heavy atom. The molecule has 1 unspecified atom stereocenters. The molecule has 1 heterocycles. The molecule has 1 N–H and O–H groups in total. The number of carbonyl (C=O) groups excluding carboxylic acids is 1. The van der Waals surface area contributed by atoms with Gasteiger partial charge >= 0.3 is 6.03 Å². The molecule has 10 heteroatoms. The van der Waals surface area contributed by atoms with Gasteiger partial charge in [0.25, 0.3) is 8.32 Å². The molecule has 3 aromatic carbocycles. The average Bonchev–Trinajstić information content (AvgIpc) is 2.98. The van der Waals surface area contributed by atoms with Gasteiger partial charge in [0.15, 0.2) is 0 Å². The number of benzene rings is 3. The zero-order valence-electron chi connectivity index (χ0n) is 25.3. The fourth-order valence-corrected chi connectivity index (χ4v) is 10.5. The van der Waals surface area contributed by atoms with Crippen molar-refractivity contribution in [3.63, 3.8) is 0 Å². The summed E-state index contributed by atoms with van der Waals surface area (Å²) in [6, 6.07) is 27.0. The lowest BCUT2D eigenvalue weighted by Crippen LogP contribution is -2.67. The summed E-state index contributed by atoms with van der Waals surface area (Å²) < 4.78 is 12.4. The van der Waals surface area contributed by atoms with Crippen LogP contribution in [0.25, 0.3) is 0 Å². The maximum atomic E-state index is 14.0. The topological polar surface area (TPSA) is 76.6 Å². The fourth-order valence-electron chi connectivity index (χ4n) is 5.36. The zero-order valence-corrected chi connectivity index (χ0v) is 27.9. The molecular formula is C33H38Cl2N4O3Si. The van der Waals surface area contributed by atoms with Crippen LogP contribution in [0, 0.1) is 0 Å². The molecule has 0 spiro atoms. The van der Waals surface area contributed by atoms with Gasteiger partial charge in [-0.2, -0.15) is 0 Å². The van der Waals surface area contributed by atoms with Crippen LogP contribution in [0.4, 0.5) is 10.5 Å². The van der Waals surface area contributed by atoms with Gasteiger partial charge in [0.05, 0.1) is 19.8 Å². The van der Waals surface area contributed by atoms with Gasteiger partial charge in [0.2, 0.25) is 5.28 Å². The van der Waals surface area contributed by atoms with Crippen molar-refractivity contribution >= 4 is 53.6 Å². The Morgan fingerprint density at radius 1 is 0.930 bits per heavy atom. The normalized spacial score (nSPS) is 13.2. The zero-order chi connectivity index (χ0) is 31.2.